The molecule has 20 heavy (non-hydrogen) atoms. The highest BCUT2D eigenvalue weighted by molar-refractivity contribution is 7.89. The molecule has 6 nitrogen and oxygen atoms in total. The molecular formula is C13H21N3O3S. The Bertz CT molecular complexity index is 581. The quantitative estimate of drug-likeness (QED) is 0.725. The number of hydrogen-bond acceptors (Lipinski definition) is 5. The van der Waals surface area contributed by atoms with Crippen LogP contribution in [0.5, 0.6) is 0 Å². The molecule has 0 atom stereocenters. The Kier molecular flexibility index (Phi) is 4.22. The van der Waals surface area contributed by atoms with E-state index in [1.165, 1.54) is 13.1 Å². The first kappa shape index (κ1) is 15.1. The van der Waals surface area contributed by atoms with Crippen LogP contribution in [0, 0.1) is 0 Å². The van der Waals surface area contributed by atoms with Crippen molar-refractivity contribution >= 4 is 21.4 Å². The molecule has 1 aromatic carbocycles. The van der Waals surface area contributed by atoms with Crippen LogP contribution < -0.4 is 15.8 Å². The van der Waals surface area contributed by atoms with E-state index in [4.69, 9.17) is 10.5 Å². The molecule has 1 aliphatic rings. The summed E-state index contributed by atoms with van der Waals surface area (Å²) in [4.78, 5) is 0.0997. The number of sulfonamides is 1. The molecule has 2 rings (SSSR count). The van der Waals surface area contributed by atoms with Gasteiger partial charge in [0.05, 0.1) is 5.69 Å². The van der Waals surface area contributed by atoms with Gasteiger partial charge in [-0.1, -0.05) is 0 Å². The van der Waals surface area contributed by atoms with E-state index in [1.54, 1.807) is 12.1 Å². The highest BCUT2D eigenvalue weighted by Crippen LogP contribution is 2.28. The van der Waals surface area contributed by atoms with Crippen LogP contribution in [0.4, 0.5) is 11.4 Å². The topological polar surface area (TPSA) is 93.5 Å². The molecule has 0 saturated carbocycles. The summed E-state index contributed by atoms with van der Waals surface area (Å²) in [6, 6.07) is 4.92. The highest BCUT2D eigenvalue weighted by atomic mass is 32.2. The lowest BCUT2D eigenvalue weighted by Gasteiger charge is -2.35. The van der Waals surface area contributed by atoms with E-state index in [-0.39, 0.29) is 16.1 Å². The molecule has 0 spiro atoms. The molecular weight excluding hydrogens is 278 g/mol. The number of anilines is 2. The van der Waals surface area contributed by atoms with E-state index in [0.717, 1.165) is 31.7 Å². The second kappa shape index (κ2) is 5.59. The molecule has 1 aliphatic heterocycles. The third kappa shape index (κ3) is 3.23. The van der Waals surface area contributed by atoms with Crippen LogP contribution >= 0.6 is 0 Å². The molecule has 0 unspecified atom stereocenters. The number of nitrogens with one attached hydrogen (secondary N) is 2. The lowest BCUT2D eigenvalue weighted by molar-refractivity contribution is 0.0658. The van der Waals surface area contributed by atoms with Crippen molar-refractivity contribution in [3.8, 4) is 0 Å². The van der Waals surface area contributed by atoms with Crippen LogP contribution in [-0.4, -0.2) is 34.2 Å². The van der Waals surface area contributed by atoms with Gasteiger partial charge in [-0.3, -0.25) is 0 Å². The summed E-state index contributed by atoms with van der Waals surface area (Å²) in [5.41, 5.74) is 6.86. The molecule has 7 heteroatoms. The maximum atomic E-state index is 11.8. The molecule has 0 aromatic heterocycles. The summed E-state index contributed by atoms with van der Waals surface area (Å²) in [6.07, 6.45) is 1.81. The monoisotopic (exact) mass is 299 g/mol. The predicted molar refractivity (Wildman–Crippen MR) is 79.2 cm³/mol. The molecule has 112 valence electrons. The number of hydrogen-bond donors (Lipinski definition) is 3. The van der Waals surface area contributed by atoms with Gasteiger partial charge in [0.25, 0.3) is 0 Å². The van der Waals surface area contributed by atoms with E-state index in [2.05, 4.69) is 17.0 Å². The van der Waals surface area contributed by atoms with E-state index in [1.807, 2.05) is 0 Å². The van der Waals surface area contributed by atoms with Gasteiger partial charge in [0, 0.05) is 24.4 Å². The Labute approximate surface area is 119 Å². The van der Waals surface area contributed by atoms with Crippen molar-refractivity contribution in [1.82, 2.24) is 4.72 Å². The smallest absolute Gasteiger partial charge is 0.242 e. The molecule has 0 radical (unpaired) electrons. The number of rotatable bonds is 4. The van der Waals surface area contributed by atoms with Gasteiger partial charge in [0.15, 0.2) is 0 Å². The normalized spacial score (nSPS) is 18.7. The summed E-state index contributed by atoms with van der Waals surface area (Å²) in [6.45, 7) is 3.58. The average molecular weight is 299 g/mol. The molecule has 1 saturated heterocycles. The second-order valence-corrected chi connectivity index (χ2v) is 7.11. The number of nitrogens with two attached hydrogens (primary N) is 1. The zero-order valence-corrected chi connectivity index (χ0v) is 12.6. The van der Waals surface area contributed by atoms with Crippen molar-refractivity contribution < 1.29 is 13.2 Å². The fourth-order valence-electron chi connectivity index (χ4n) is 2.28. The summed E-state index contributed by atoms with van der Waals surface area (Å²) in [5, 5.41) is 3.42. The van der Waals surface area contributed by atoms with Crippen molar-refractivity contribution in [2.45, 2.75) is 30.2 Å². The zero-order valence-electron chi connectivity index (χ0n) is 11.8. The first-order valence-electron chi connectivity index (χ1n) is 6.55. The molecule has 1 heterocycles. The van der Waals surface area contributed by atoms with Crippen LogP contribution in [0.1, 0.15) is 19.8 Å². The lowest BCUT2D eigenvalue weighted by Crippen LogP contribution is -2.40. The molecule has 0 aliphatic carbocycles. The summed E-state index contributed by atoms with van der Waals surface area (Å²) >= 11 is 0. The van der Waals surface area contributed by atoms with Gasteiger partial charge >= 0.3 is 0 Å². The van der Waals surface area contributed by atoms with E-state index < -0.39 is 10.0 Å². The first-order valence-corrected chi connectivity index (χ1v) is 8.04. The Balaban J connectivity index is 2.21. The van der Waals surface area contributed by atoms with Crippen LogP contribution in [-0.2, 0) is 14.8 Å². The van der Waals surface area contributed by atoms with Crippen LogP contribution in [0.3, 0.4) is 0 Å². The van der Waals surface area contributed by atoms with E-state index in [0.29, 0.717) is 0 Å². The highest BCUT2D eigenvalue weighted by Gasteiger charge is 2.27. The first-order chi connectivity index (χ1) is 9.36. The van der Waals surface area contributed by atoms with Gasteiger partial charge in [-0.15, -0.1) is 0 Å². The zero-order chi connectivity index (χ0) is 14.8. The van der Waals surface area contributed by atoms with Crippen molar-refractivity contribution in [3.05, 3.63) is 18.2 Å². The van der Waals surface area contributed by atoms with Crippen molar-refractivity contribution in [2.75, 3.05) is 31.3 Å². The Morgan fingerprint density at radius 1 is 1.30 bits per heavy atom. The standard InChI is InChI=1S/C13H21N3O3S/c1-13(5-7-19-8-6-13)16-10-3-4-12(11(14)9-10)20(17,18)15-2/h3-4,9,15-16H,5-8,14H2,1-2H3. The van der Waals surface area contributed by atoms with Crippen molar-refractivity contribution in [1.29, 1.82) is 0 Å². The van der Waals surface area contributed by atoms with Crippen LogP contribution in [0.15, 0.2) is 23.1 Å². The minimum Gasteiger partial charge on any atom is -0.398 e. The van der Waals surface area contributed by atoms with Gasteiger partial charge < -0.3 is 15.8 Å². The largest absolute Gasteiger partial charge is 0.398 e. The molecule has 1 aromatic rings. The maximum absolute atomic E-state index is 11.8. The molecule has 1 fully saturated rings. The third-order valence-electron chi connectivity index (χ3n) is 3.61. The number of nitrogen functional groups attached to an aromatic ring is 1. The Morgan fingerprint density at radius 2 is 1.95 bits per heavy atom. The second-order valence-electron chi connectivity index (χ2n) is 5.26. The SMILES string of the molecule is CNS(=O)(=O)c1ccc(NC2(C)CCOCC2)cc1N. The summed E-state index contributed by atoms with van der Waals surface area (Å²) in [7, 11) is -2.15. The molecule has 4 N–H and O–H groups in total. The van der Waals surface area contributed by atoms with E-state index >= 15 is 0 Å². The fraction of sp³-hybridized carbons (Fsp3) is 0.538. The Morgan fingerprint density at radius 3 is 2.50 bits per heavy atom. The fourth-order valence-corrected chi connectivity index (χ4v) is 3.11. The van der Waals surface area contributed by atoms with Gasteiger partial charge in [-0.25, -0.2) is 13.1 Å². The van der Waals surface area contributed by atoms with Gasteiger partial charge in [-0.05, 0) is 45.0 Å². The third-order valence-corrected chi connectivity index (χ3v) is 5.10. The van der Waals surface area contributed by atoms with E-state index in [9.17, 15) is 8.42 Å². The number of benzene rings is 1. The molecule has 0 bridgehead atoms. The number of ether oxygens (including phenoxy) is 1. The average Bonchev–Trinajstić information content (AvgIpc) is 2.38. The predicted octanol–water partition coefficient (Wildman–Crippen LogP) is 1.16. The minimum atomic E-state index is -3.52. The van der Waals surface area contributed by atoms with Crippen LogP contribution in [0.2, 0.25) is 0 Å². The lowest BCUT2D eigenvalue weighted by atomic mass is 9.92. The van der Waals surface area contributed by atoms with Gasteiger partial charge in [0.2, 0.25) is 10.0 Å². The maximum Gasteiger partial charge on any atom is 0.242 e. The summed E-state index contributed by atoms with van der Waals surface area (Å²) in [5.74, 6) is 0. The minimum absolute atomic E-state index is 0.0475. The van der Waals surface area contributed by atoms with Crippen LogP contribution in [0.25, 0.3) is 0 Å². The molecule has 0 amide bonds. The summed E-state index contributed by atoms with van der Waals surface area (Å²) < 4.78 is 31.1. The van der Waals surface area contributed by atoms with Gasteiger partial charge in [-0.2, -0.15) is 0 Å². The van der Waals surface area contributed by atoms with Gasteiger partial charge in [0.1, 0.15) is 4.90 Å². The Hall–Kier alpha value is -1.31. The van der Waals surface area contributed by atoms with Crippen molar-refractivity contribution in [2.24, 2.45) is 0 Å². The van der Waals surface area contributed by atoms with Crippen molar-refractivity contribution in [3.63, 3.8) is 0 Å².